The number of allylic oxidation sites excluding steroid dienone is 5. The van der Waals surface area contributed by atoms with Crippen LogP contribution in [-0.4, -0.2) is 68.6 Å². The number of hydrogen-bond donors (Lipinski definition) is 1. The van der Waals surface area contributed by atoms with Gasteiger partial charge in [0.2, 0.25) is 12.8 Å². The van der Waals surface area contributed by atoms with Gasteiger partial charge in [0.05, 0.1) is 11.3 Å². The summed E-state index contributed by atoms with van der Waals surface area (Å²) < 4.78 is 38.5. The van der Waals surface area contributed by atoms with Crippen molar-refractivity contribution in [1.82, 2.24) is 15.1 Å². The first-order chi connectivity index (χ1) is 20.0. The van der Waals surface area contributed by atoms with Gasteiger partial charge in [-0.2, -0.15) is 13.2 Å². The van der Waals surface area contributed by atoms with Gasteiger partial charge < -0.3 is 20.0 Å². The molecule has 0 radical (unpaired) electrons. The maximum atomic E-state index is 12.8. The summed E-state index contributed by atoms with van der Waals surface area (Å²) in [5, 5.41) is 4.73. The molecule has 2 aromatic carbocycles. The molecule has 0 heterocycles. The molecule has 10 heteroatoms. The van der Waals surface area contributed by atoms with E-state index < -0.39 is 17.8 Å². The fourth-order valence-corrected chi connectivity index (χ4v) is 3.75. The largest absolute Gasteiger partial charge is 0.416 e. The van der Waals surface area contributed by atoms with Gasteiger partial charge >= 0.3 is 12.2 Å². The van der Waals surface area contributed by atoms with Crippen molar-refractivity contribution < 1.29 is 27.6 Å². The molecular formula is C33H49F3N4O3. The Morgan fingerprint density at radius 1 is 0.977 bits per heavy atom. The maximum Gasteiger partial charge on any atom is 0.416 e. The zero-order valence-corrected chi connectivity index (χ0v) is 25.9. The molecule has 0 saturated heterocycles. The van der Waals surface area contributed by atoms with Crippen LogP contribution in [0.4, 0.5) is 23.7 Å². The zero-order valence-electron chi connectivity index (χ0n) is 25.9. The van der Waals surface area contributed by atoms with Crippen LogP contribution in [0.5, 0.6) is 0 Å². The molecule has 1 aliphatic rings. The molecule has 1 N–H and O–H groups in total. The average molecular weight is 607 g/mol. The fourth-order valence-electron chi connectivity index (χ4n) is 3.75. The van der Waals surface area contributed by atoms with E-state index in [4.69, 9.17) is 0 Å². The molecule has 1 unspecified atom stereocenters. The number of nitrogens with zero attached hydrogens (tertiary/aromatic N) is 3. The third-order valence-corrected chi connectivity index (χ3v) is 6.01. The predicted octanol–water partition coefficient (Wildman–Crippen LogP) is 7.95. The number of amides is 4. The van der Waals surface area contributed by atoms with Crippen LogP contribution in [0.3, 0.4) is 0 Å². The summed E-state index contributed by atoms with van der Waals surface area (Å²) in [5.41, 5.74) is 0.223. The number of fused-ring (bicyclic) bond motifs is 1. The van der Waals surface area contributed by atoms with Crippen LogP contribution in [-0.2, 0) is 9.59 Å². The fraction of sp³-hybridized carbons (Fsp3) is 0.424. The molecule has 3 rings (SSSR count). The number of urea groups is 1. The summed E-state index contributed by atoms with van der Waals surface area (Å²) in [6.45, 7) is 10.2. The van der Waals surface area contributed by atoms with Crippen LogP contribution in [0, 0.1) is 0 Å². The van der Waals surface area contributed by atoms with Crippen LogP contribution in [0.2, 0.25) is 0 Å². The van der Waals surface area contributed by atoms with Gasteiger partial charge in [-0.15, -0.1) is 0 Å². The van der Waals surface area contributed by atoms with Crippen molar-refractivity contribution in [2.75, 3.05) is 32.6 Å². The number of halogens is 3. The lowest BCUT2D eigenvalue weighted by Gasteiger charge is -2.28. The second kappa shape index (κ2) is 21.6. The highest BCUT2D eigenvalue weighted by Crippen LogP contribution is 2.29. The SMILES string of the molecule is C.CC.CC.CCC(CN(C)C(=O)NC1=CCC=CC(C(F)(F)F)=C1)N(C)C=O.CN(C=O)c1cccc2ccccc12. The molecule has 0 aliphatic heterocycles. The number of benzene rings is 2. The summed E-state index contributed by atoms with van der Waals surface area (Å²) >= 11 is 0. The molecule has 4 amide bonds. The van der Waals surface area contributed by atoms with Crippen molar-refractivity contribution in [2.45, 2.75) is 67.1 Å². The molecular weight excluding hydrogens is 557 g/mol. The predicted molar refractivity (Wildman–Crippen MR) is 173 cm³/mol. The van der Waals surface area contributed by atoms with Crippen LogP contribution in [0.1, 0.15) is 54.9 Å². The molecule has 0 saturated carbocycles. The Bertz CT molecular complexity index is 1200. The smallest absolute Gasteiger partial charge is 0.344 e. The van der Waals surface area contributed by atoms with E-state index in [-0.39, 0.29) is 25.7 Å². The minimum Gasteiger partial charge on any atom is -0.344 e. The normalized spacial score (nSPS) is 12.3. The number of likely N-dealkylation sites (N-methyl/N-ethyl adjacent to an activating group) is 2. The number of carbonyl (C=O) groups excluding carboxylic acids is 3. The zero-order chi connectivity index (χ0) is 32.3. The minimum atomic E-state index is -4.48. The molecule has 0 fully saturated rings. The lowest BCUT2D eigenvalue weighted by Crippen LogP contribution is -2.45. The summed E-state index contributed by atoms with van der Waals surface area (Å²) in [6.07, 6.45) is 2.76. The quantitative estimate of drug-likeness (QED) is 0.310. The van der Waals surface area contributed by atoms with E-state index in [9.17, 15) is 27.6 Å². The van der Waals surface area contributed by atoms with Gasteiger partial charge in [-0.05, 0) is 30.4 Å². The third kappa shape index (κ3) is 13.6. The lowest BCUT2D eigenvalue weighted by atomic mass is 10.1. The van der Waals surface area contributed by atoms with Crippen molar-refractivity contribution in [1.29, 1.82) is 0 Å². The van der Waals surface area contributed by atoms with Gasteiger partial charge in [-0.3, -0.25) is 9.59 Å². The molecule has 0 spiro atoms. The minimum absolute atomic E-state index is 0. The molecule has 240 valence electrons. The molecule has 43 heavy (non-hydrogen) atoms. The van der Waals surface area contributed by atoms with E-state index in [0.717, 1.165) is 35.0 Å². The van der Waals surface area contributed by atoms with E-state index in [1.54, 1.807) is 19.0 Å². The van der Waals surface area contributed by atoms with Crippen LogP contribution < -0.4 is 10.2 Å². The summed E-state index contributed by atoms with van der Waals surface area (Å²) in [5.74, 6) is 0. The average Bonchev–Trinajstić information content (AvgIpc) is 3.27. The number of nitrogens with one attached hydrogen (secondary N) is 1. The first kappa shape index (κ1) is 41.1. The highest BCUT2D eigenvalue weighted by molar-refractivity contribution is 5.98. The number of carbonyl (C=O) groups is 3. The molecule has 2 aromatic rings. The first-order valence-corrected chi connectivity index (χ1v) is 14.0. The topological polar surface area (TPSA) is 73.0 Å². The number of anilines is 1. The molecule has 0 bridgehead atoms. The highest BCUT2D eigenvalue weighted by atomic mass is 19.4. The molecule has 7 nitrogen and oxygen atoms in total. The number of hydrogen-bond acceptors (Lipinski definition) is 3. The summed E-state index contributed by atoms with van der Waals surface area (Å²) in [4.78, 5) is 38.1. The number of rotatable bonds is 8. The van der Waals surface area contributed by atoms with Crippen LogP contribution in [0.15, 0.2) is 78.0 Å². The van der Waals surface area contributed by atoms with E-state index in [1.807, 2.05) is 77.1 Å². The Morgan fingerprint density at radius 2 is 1.58 bits per heavy atom. The van der Waals surface area contributed by atoms with E-state index >= 15 is 0 Å². The van der Waals surface area contributed by atoms with Crippen molar-refractivity contribution >= 4 is 35.3 Å². The van der Waals surface area contributed by atoms with Crippen molar-refractivity contribution in [3.8, 4) is 0 Å². The Balaban J connectivity index is 0. The Kier molecular flexibility index (Phi) is 20.6. The van der Waals surface area contributed by atoms with Gasteiger partial charge in [0.15, 0.2) is 0 Å². The maximum absolute atomic E-state index is 12.8. The van der Waals surface area contributed by atoms with Gasteiger partial charge in [0.1, 0.15) is 0 Å². The first-order valence-electron chi connectivity index (χ1n) is 14.0. The summed E-state index contributed by atoms with van der Waals surface area (Å²) in [6, 6.07) is 13.3. The van der Waals surface area contributed by atoms with Crippen molar-refractivity contribution in [3.63, 3.8) is 0 Å². The Labute approximate surface area is 255 Å². The Morgan fingerprint density at radius 3 is 2.14 bits per heavy atom. The monoisotopic (exact) mass is 606 g/mol. The summed E-state index contributed by atoms with van der Waals surface area (Å²) in [7, 11) is 4.90. The molecule has 1 aliphatic carbocycles. The van der Waals surface area contributed by atoms with Gasteiger partial charge in [-0.1, -0.05) is 96.7 Å². The van der Waals surface area contributed by atoms with E-state index in [1.165, 1.54) is 29.0 Å². The number of alkyl halides is 3. The van der Waals surface area contributed by atoms with E-state index in [0.29, 0.717) is 19.3 Å². The molecule has 0 aromatic heterocycles. The van der Waals surface area contributed by atoms with Gasteiger partial charge in [0.25, 0.3) is 0 Å². The lowest BCUT2D eigenvalue weighted by molar-refractivity contribution is -0.119. The second-order valence-electron chi connectivity index (χ2n) is 8.75. The van der Waals surface area contributed by atoms with Crippen molar-refractivity contribution in [2.24, 2.45) is 0 Å². The van der Waals surface area contributed by atoms with Crippen molar-refractivity contribution in [3.05, 3.63) is 78.0 Å². The third-order valence-electron chi connectivity index (χ3n) is 6.01. The Hall–Kier alpha value is -4.08. The second-order valence-corrected chi connectivity index (χ2v) is 8.75. The van der Waals surface area contributed by atoms with Gasteiger partial charge in [0, 0.05) is 44.8 Å². The van der Waals surface area contributed by atoms with Crippen LogP contribution >= 0.6 is 0 Å². The van der Waals surface area contributed by atoms with Gasteiger partial charge in [-0.25, -0.2) is 4.79 Å². The molecule has 1 atom stereocenters. The highest BCUT2D eigenvalue weighted by Gasteiger charge is 2.32. The van der Waals surface area contributed by atoms with Crippen LogP contribution in [0.25, 0.3) is 10.8 Å². The van der Waals surface area contributed by atoms with E-state index in [2.05, 4.69) is 5.32 Å². The standard InChI is InChI=1S/C16H22F3N3O2.C12H11NO.2C2H6.CH4/c1-4-14(22(3)11-23)10-21(2)15(24)20-13-8-6-5-7-12(9-13)16(17,18)19;1-13(9-14)12-8-4-6-10-5-2-3-7-11(10)12;2*1-2;/h5,7-9,11,14H,4,6,10H2,1-3H3,(H,20,24);2-9H,1H3;2*1-2H3;1H4.